The van der Waals surface area contributed by atoms with Crippen molar-refractivity contribution >= 4 is 5.97 Å². The fraction of sp³-hybridized carbons (Fsp3) is 0.960. The third kappa shape index (κ3) is 20.0. The first-order valence-electron chi connectivity index (χ1n) is 12.4. The van der Waals surface area contributed by atoms with Crippen molar-refractivity contribution in [2.24, 2.45) is 5.92 Å². The number of esters is 1. The summed E-state index contributed by atoms with van der Waals surface area (Å²) in [5.41, 5.74) is 0. The number of hydrogen-bond acceptors (Lipinski definition) is 2. The van der Waals surface area contributed by atoms with Crippen LogP contribution in [0.3, 0.4) is 0 Å². The van der Waals surface area contributed by atoms with E-state index in [2.05, 4.69) is 20.8 Å². The van der Waals surface area contributed by atoms with E-state index in [0.29, 0.717) is 18.9 Å². The van der Waals surface area contributed by atoms with E-state index in [1.165, 1.54) is 103 Å². The summed E-state index contributed by atoms with van der Waals surface area (Å²) < 4.78 is 5.42. The van der Waals surface area contributed by atoms with Crippen molar-refractivity contribution in [2.75, 3.05) is 6.61 Å². The van der Waals surface area contributed by atoms with Gasteiger partial charge in [0.2, 0.25) is 0 Å². The lowest BCUT2D eigenvalue weighted by Gasteiger charge is -2.14. The second-order valence-electron chi connectivity index (χ2n) is 8.44. The Balaban J connectivity index is 3.46. The molecule has 0 aromatic heterocycles. The highest BCUT2D eigenvalue weighted by atomic mass is 16.5. The molecule has 0 aliphatic rings. The first kappa shape index (κ1) is 26.5. The van der Waals surface area contributed by atoms with Crippen LogP contribution >= 0.6 is 0 Å². The molecule has 0 saturated heterocycles. The van der Waals surface area contributed by atoms with Gasteiger partial charge in [0.05, 0.1) is 6.61 Å². The molecule has 0 aromatic carbocycles. The van der Waals surface area contributed by atoms with Gasteiger partial charge in [-0.2, -0.15) is 0 Å². The summed E-state index contributed by atoms with van der Waals surface area (Å²) in [5.74, 6) is 0.552. The predicted octanol–water partition coefficient (Wildman–Crippen LogP) is 8.62. The minimum Gasteiger partial charge on any atom is -0.466 e. The Kier molecular flexibility index (Phi) is 21.3. The molecule has 0 heterocycles. The first-order valence-corrected chi connectivity index (χ1v) is 12.4. The largest absolute Gasteiger partial charge is 0.466 e. The molecular weight excluding hydrogens is 332 g/mol. The van der Waals surface area contributed by atoms with E-state index >= 15 is 0 Å². The zero-order valence-corrected chi connectivity index (χ0v) is 19.0. The summed E-state index contributed by atoms with van der Waals surface area (Å²) in [6.07, 6.45) is 24.2. The molecule has 0 spiro atoms. The molecule has 1 atom stereocenters. The SMILES string of the molecule is CCCCCCCCCCCCCC(CC)CC(=O)OCCCCCCC. The molecule has 0 amide bonds. The van der Waals surface area contributed by atoms with Gasteiger partial charge in [0, 0.05) is 6.42 Å². The van der Waals surface area contributed by atoms with Gasteiger partial charge in [-0.05, 0) is 18.8 Å². The zero-order valence-electron chi connectivity index (χ0n) is 19.0. The molecule has 0 N–H and O–H groups in total. The lowest BCUT2D eigenvalue weighted by atomic mass is 9.95. The molecular formula is C25H50O2. The molecule has 0 aliphatic carbocycles. The molecule has 1 unspecified atom stereocenters. The number of unbranched alkanes of at least 4 members (excludes halogenated alkanes) is 14. The van der Waals surface area contributed by atoms with Crippen molar-refractivity contribution in [2.45, 2.75) is 143 Å². The van der Waals surface area contributed by atoms with Crippen molar-refractivity contribution in [1.29, 1.82) is 0 Å². The summed E-state index contributed by atoms with van der Waals surface area (Å²) in [4.78, 5) is 12.0. The van der Waals surface area contributed by atoms with Crippen molar-refractivity contribution in [1.82, 2.24) is 0 Å². The van der Waals surface area contributed by atoms with Gasteiger partial charge < -0.3 is 4.74 Å². The molecule has 0 aromatic rings. The summed E-state index contributed by atoms with van der Waals surface area (Å²) in [5, 5.41) is 0. The van der Waals surface area contributed by atoms with Gasteiger partial charge in [-0.3, -0.25) is 4.79 Å². The minimum absolute atomic E-state index is 0.0282. The number of rotatable bonds is 21. The number of carbonyl (C=O) groups is 1. The summed E-state index contributed by atoms with van der Waals surface area (Å²) in [6.45, 7) is 7.33. The van der Waals surface area contributed by atoms with Crippen molar-refractivity contribution in [3.8, 4) is 0 Å². The Morgan fingerprint density at radius 3 is 1.56 bits per heavy atom. The number of hydrogen-bond donors (Lipinski definition) is 0. The topological polar surface area (TPSA) is 26.3 Å². The average molecular weight is 383 g/mol. The van der Waals surface area contributed by atoms with Crippen molar-refractivity contribution < 1.29 is 9.53 Å². The molecule has 0 radical (unpaired) electrons. The maximum absolute atomic E-state index is 12.0. The van der Waals surface area contributed by atoms with E-state index in [0.717, 1.165) is 12.8 Å². The molecule has 0 bridgehead atoms. The summed E-state index contributed by atoms with van der Waals surface area (Å²) >= 11 is 0. The Morgan fingerprint density at radius 2 is 1.07 bits per heavy atom. The minimum atomic E-state index is 0.0282. The van der Waals surface area contributed by atoms with Crippen molar-refractivity contribution in [3.05, 3.63) is 0 Å². The normalized spacial score (nSPS) is 12.3. The van der Waals surface area contributed by atoms with Crippen LogP contribution in [0.1, 0.15) is 143 Å². The second-order valence-corrected chi connectivity index (χ2v) is 8.44. The van der Waals surface area contributed by atoms with Crippen LogP contribution in [0.2, 0.25) is 0 Å². The van der Waals surface area contributed by atoms with Crippen LogP contribution in [0.4, 0.5) is 0 Å². The van der Waals surface area contributed by atoms with Gasteiger partial charge in [0.25, 0.3) is 0 Å². The van der Waals surface area contributed by atoms with E-state index in [-0.39, 0.29) is 5.97 Å². The van der Waals surface area contributed by atoms with Gasteiger partial charge in [-0.25, -0.2) is 0 Å². The van der Waals surface area contributed by atoms with E-state index < -0.39 is 0 Å². The van der Waals surface area contributed by atoms with Gasteiger partial charge in [-0.1, -0.05) is 124 Å². The fourth-order valence-electron chi connectivity index (χ4n) is 3.73. The molecule has 0 saturated carbocycles. The number of ether oxygens (including phenoxy) is 1. The summed E-state index contributed by atoms with van der Waals surface area (Å²) in [6, 6.07) is 0. The third-order valence-corrected chi connectivity index (χ3v) is 5.76. The highest BCUT2D eigenvalue weighted by Gasteiger charge is 2.12. The lowest BCUT2D eigenvalue weighted by molar-refractivity contribution is -0.145. The van der Waals surface area contributed by atoms with Gasteiger partial charge in [-0.15, -0.1) is 0 Å². The lowest BCUT2D eigenvalue weighted by Crippen LogP contribution is -2.12. The number of carbonyl (C=O) groups excluding carboxylic acids is 1. The molecule has 2 nitrogen and oxygen atoms in total. The monoisotopic (exact) mass is 382 g/mol. The van der Waals surface area contributed by atoms with Gasteiger partial charge >= 0.3 is 5.97 Å². The van der Waals surface area contributed by atoms with Crippen LogP contribution in [0.15, 0.2) is 0 Å². The first-order chi connectivity index (χ1) is 13.2. The molecule has 2 heteroatoms. The van der Waals surface area contributed by atoms with Crippen LogP contribution in [0.5, 0.6) is 0 Å². The molecule has 0 fully saturated rings. The highest BCUT2D eigenvalue weighted by Crippen LogP contribution is 2.19. The maximum atomic E-state index is 12.0. The molecule has 0 rings (SSSR count). The van der Waals surface area contributed by atoms with Gasteiger partial charge in [0.1, 0.15) is 0 Å². The van der Waals surface area contributed by atoms with E-state index in [4.69, 9.17) is 4.74 Å². The molecule has 27 heavy (non-hydrogen) atoms. The molecule has 162 valence electrons. The van der Waals surface area contributed by atoms with Crippen LogP contribution in [0.25, 0.3) is 0 Å². The maximum Gasteiger partial charge on any atom is 0.306 e. The van der Waals surface area contributed by atoms with Crippen LogP contribution in [-0.4, -0.2) is 12.6 Å². The second kappa shape index (κ2) is 21.8. The molecule has 0 aliphatic heterocycles. The fourth-order valence-corrected chi connectivity index (χ4v) is 3.73. The van der Waals surface area contributed by atoms with Crippen molar-refractivity contribution in [3.63, 3.8) is 0 Å². The summed E-state index contributed by atoms with van der Waals surface area (Å²) in [7, 11) is 0. The van der Waals surface area contributed by atoms with Crippen LogP contribution < -0.4 is 0 Å². The quantitative estimate of drug-likeness (QED) is 0.147. The predicted molar refractivity (Wildman–Crippen MR) is 119 cm³/mol. The van der Waals surface area contributed by atoms with E-state index in [9.17, 15) is 4.79 Å². The van der Waals surface area contributed by atoms with Gasteiger partial charge in [0.15, 0.2) is 0 Å². The average Bonchev–Trinajstić information content (AvgIpc) is 2.67. The highest BCUT2D eigenvalue weighted by molar-refractivity contribution is 5.69. The van der Waals surface area contributed by atoms with Crippen LogP contribution in [0, 0.1) is 5.92 Å². The Morgan fingerprint density at radius 1 is 0.630 bits per heavy atom. The van der Waals surface area contributed by atoms with E-state index in [1.54, 1.807) is 0 Å². The third-order valence-electron chi connectivity index (χ3n) is 5.76. The smallest absolute Gasteiger partial charge is 0.306 e. The zero-order chi connectivity index (χ0) is 20.0. The standard InChI is InChI=1S/C25H50O2/c1-4-7-9-11-12-13-14-15-16-17-19-21-24(6-3)23-25(26)27-22-20-18-10-8-5-2/h24H,4-23H2,1-3H3. The Bertz CT molecular complexity index is 301. The van der Waals surface area contributed by atoms with E-state index in [1.807, 2.05) is 0 Å². The van der Waals surface area contributed by atoms with Crippen LogP contribution in [-0.2, 0) is 9.53 Å². The Labute approximate surface area is 171 Å². The Hall–Kier alpha value is -0.530.